The van der Waals surface area contributed by atoms with Gasteiger partial charge in [-0.15, -0.1) is 0 Å². The summed E-state index contributed by atoms with van der Waals surface area (Å²) in [4.78, 5) is 0. The van der Waals surface area contributed by atoms with Gasteiger partial charge in [-0.05, 0) is 42.0 Å². The van der Waals surface area contributed by atoms with Crippen LogP contribution in [0.2, 0.25) is 10.0 Å². The SMILES string of the molecule is Fc1cccc(Cn2ccc(NC(=S)Nc3ccn(Cc4c(Cl)cccc4Cl)n3)n2)c1. The molecule has 10 heteroatoms. The van der Waals surface area contributed by atoms with Gasteiger partial charge in [0.1, 0.15) is 5.82 Å². The summed E-state index contributed by atoms with van der Waals surface area (Å²) in [6, 6.07) is 15.4. The molecule has 2 N–H and O–H groups in total. The van der Waals surface area contributed by atoms with Crippen LogP contribution in [0.4, 0.5) is 16.0 Å². The molecule has 2 aromatic heterocycles. The molecule has 2 aromatic carbocycles. The summed E-state index contributed by atoms with van der Waals surface area (Å²) in [6.07, 6.45) is 3.59. The van der Waals surface area contributed by atoms with Crippen LogP contribution >= 0.6 is 35.4 Å². The van der Waals surface area contributed by atoms with Crippen molar-refractivity contribution in [3.63, 3.8) is 0 Å². The minimum absolute atomic E-state index is 0.273. The summed E-state index contributed by atoms with van der Waals surface area (Å²) in [5, 5.41) is 16.4. The fourth-order valence-electron chi connectivity index (χ4n) is 2.96. The maximum absolute atomic E-state index is 13.3. The number of rotatable bonds is 6. The lowest BCUT2D eigenvalue weighted by atomic mass is 10.2. The molecule has 0 fully saturated rings. The highest BCUT2D eigenvalue weighted by Gasteiger charge is 2.09. The molecule has 2 heterocycles. The Balaban J connectivity index is 1.34. The van der Waals surface area contributed by atoms with Gasteiger partial charge in [-0.3, -0.25) is 9.36 Å². The van der Waals surface area contributed by atoms with E-state index in [9.17, 15) is 4.39 Å². The highest BCUT2D eigenvalue weighted by Crippen LogP contribution is 2.25. The van der Waals surface area contributed by atoms with E-state index in [4.69, 9.17) is 35.4 Å². The minimum atomic E-state index is -0.273. The molecule has 4 rings (SSSR count). The number of nitrogens with one attached hydrogen (secondary N) is 2. The van der Waals surface area contributed by atoms with E-state index in [1.807, 2.05) is 6.07 Å². The molecule has 0 atom stereocenters. The van der Waals surface area contributed by atoms with Crippen molar-refractivity contribution in [2.75, 3.05) is 10.6 Å². The molecular formula is C21H17Cl2FN6S. The predicted molar refractivity (Wildman–Crippen MR) is 125 cm³/mol. The van der Waals surface area contributed by atoms with E-state index in [1.54, 1.807) is 58.2 Å². The average Bonchev–Trinajstić information content (AvgIpc) is 3.34. The number of thiocarbonyl (C=S) groups is 1. The number of hydrogen-bond donors (Lipinski definition) is 2. The van der Waals surface area contributed by atoms with Gasteiger partial charge in [0.05, 0.1) is 13.1 Å². The predicted octanol–water partition coefficient (Wildman–Crippen LogP) is 5.43. The van der Waals surface area contributed by atoms with Crippen molar-refractivity contribution in [2.24, 2.45) is 0 Å². The van der Waals surface area contributed by atoms with Gasteiger partial charge in [-0.2, -0.15) is 10.2 Å². The van der Waals surface area contributed by atoms with Crippen molar-refractivity contribution in [2.45, 2.75) is 13.1 Å². The van der Waals surface area contributed by atoms with Crippen molar-refractivity contribution in [1.29, 1.82) is 0 Å². The minimum Gasteiger partial charge on any atom is -0.316 e. The standard InChI is InChI=1S/C21H17Cl2FN6S/c22-17-5-2-6-18(23)16(17)13-30-10-8-20(28-30)26-21(31)25-19-7-9-29(27-19)12-14-3-1-4-15(24)11-14/h1-11H,12-13H2,(H2,25,26,27,28,31). The van der Waals surface area contributed by atoms with Crippen LogP contribution in [0.5, 0.6) is 0 Å². The van der Waals surface area contributed by atoms with Crippen LogP contribution in [0.25, 0.3) is 0 Å². The van der Waals surface area contributed by atoms with E-state index < -0.39 is 0 Å². The highest BCUT2D eigenvalue weighted by molar-refractivity contribution is 7.80. The Kier molecular flexibility index (Phi) is 6.50. The van der Waals surface area contributed by atoms with Crippen LogP contribution in [0.15, 0.2) is 67.0 Å². The van der Waals surface area contributed by atoms with E-state index in [0.717, 1.165) is 11.1 Å². The molecule has 0 spiro atoms. The lowest BCUT2D eigenvalue weighted by Gasteiger charge is -2.08. The second kappa shape index (κ2) is 9.47. The molecule has 0 unspecified atom stereocenters. The monoisotopic (exact) mass is 474 g/mol. The molecule has 158 valence electrons. The Hall–Kier alpha value is -2.94. The fourth-order valence-corrected chi connectivity index (χ4v) is 3.69. The zero-order valence-corrected chi connectivity index (χ0v) is 18.4. The van der Waals surface area contributed by atoms with Gasteiger partial charge in [0.15, 0.2) is 16.7 Å². The van der Waals surface area contributed by atoms with Gasteiger partial charge < -0.3 is 10.6 Å². The lowest BCUT2D eigenvalue weighted by Crippen LogP contribution is -2.20. The van der Waals surface area contributed by atoms with Crippen LogP contribution in [0.3, 0.4) is 0 Å². The van der Waals surface area contributed by atoms with Crippen LogP contribution in [0.1, 0.15) is 11.1 Å². The van der Waals surface area contributed by atoms with Crippen molar-refractivity contribution in [1.82, 2.24) is 19.6 Å². The second-order valence-electron chi connectivity index (χ2n) is 6.71. The summed E-state index contributed by atoms with van der Waals surface area (Å²) in [5.41, 5.74) is 1.62. The first-order valence-electron chi connectivity index (χ1n) is 9.28. The molecule has 0 bridgehead atoms. The molecular weight excluding hydrogens is 458 g/mol. The topological polar surface area (TPSA) is 59.7 Å². The molecule has 4 aromatic rings. The Morgan fingerprint density at radius 3 is 2.06 bits per heavy atom. The lowest BCUT2D eigenvalue weighted by molar-refractivity contribution is 0.619. The van der Waals surface area contributed by atoms with Crippen LogP contribution < -0.4 is 10.6 Å². The Morgan fingerprint density at radius 1 is 0.871 bits per heavy atom. The van der Waals surface area contributed by atoms with Crippen molar-refractivity contribution in [3.05, 3.63) is 94.0 Å². The summed E-state index contributed by atoms with van der Waals surface area (Å²) in [7, 11) is 0. The summed E-state index contributed by atoms with van der Waals surface area (Å²) >= 11 is 17.8. The molecule has 0 saturated heterocycles. The van der Waals surface area contributed by atoms with Crippen LogP contribution in [-0.2, 0) is 13.1 Å². The first-order valence-corrected chi connectivity index (χ1v) is 10.4. The zero-order valence-electron chi connectivity index (χ0n) is 16.1. The van der Waals surface area contributed by atoms with Crippen molar-refractivity contribution in [3.8, 4) is 0 Å². The third kappa shape index (κ3) is 5.61. The molecule has 0 aliphatic rings. The fraction of sp³-hybridized carbons (Fsp3) is 0.0952. The summed E-state index contributed by atoms with van der Waals surface area (Å²) in [6.45, 7) is 0.888. The van der Waals surface area contributed by atoms with Crippen LogP contribution in [-0.4, -0.2) is 24.7 Å². The number of hydrogen-bond acceptors (Lipinski definition) is 3. The molecule has 0 radical (unpaired) electrons. The second-order valence-corrected chi connectivity index (χ2v) is 7.93. The molecule has 0 saturated carbocycles. The summed E-state index contributed by atoms with van der Waals surface area (Å²) < 4.78 is 16.7. The molecule has 0 aliphatic carbocycles. The summed E-state index contributed by atoms with van der Waals surface area (Å²) in [5.74, 6) is 0.862. The third-order valence-corrected chi connectivity index (χ3v) is 5.29. The number of anilines is 2. The zero-order chi connectivity index (χ0) is 21.8. The maximum atomic E-state index is 13.3. The van der Waals surface area contributed by atoms with E-state index in [1.165, 1.54) is 12.1 Å². The van der Waals surface area contributed by atoms with Gasteiger partial charge in [0, 0.05) is 40.1 Å². The molecule has 0 aliphatic heterocycles. The van der Waals surface area contributed by atoms with E-state index in [2.05, 4.69) is 20.8 Å². The molecule has 6 nitrogen and oxygen atoms in total. The number of aromatic nitrogens is 4. The first kappa shape index (κ1) is 21.3. The van der Waals surface area contributed by atoms with E-state index >= 15 is 0 Å². The number of halogens is 3. The number of benzene rings is 2. The van der Waals surface area contributed by atoms with Crippen molar-refractivity contribution >= 4 is 52.2 Å². The van der Waals surface area contributed by atoms with Crippen molar-refractivity contribution < 1.29 is 4.39 Å². The Bertz CT molecular complexity index is 1200. The highest BCUT2D eigenvalue weighted by atomic mass is 35.5. The molecule has 31 heavy (non-hydrogen) atoms. The largest absolute Gasteiger partial charge is 0.316 e. The average molecular weight is 475 g/mol. The Labute approximate surface area is 193 Å². The van der Waals surface area contributed by atoms with Gasteiger partial charge in [0.2, 0.25) is 0 Å². The molecule has 0 amide bonds. The quantitative estimate of drug-likeness (QED) is 0.364. The van der Waals surface area contributed by atoms with Crippen LogP contribution in [0, 0.1) is 5.82 Å². The maximum Gasteiger partial charge on any atom is 0.177 e. The van der Waals surface area contributed by atoms with Gasteiger partial charge >= 0.3 is 0 Å². The van der Waals surface area contributed by atoms with E-state index in [-0.39, 0.29) is 5.82 Å². The normalized spacial score (nSPS) is 10.8. The first-order chi connectivity index (χ1) is 15.0. The Morgan fingerprint density at radius 2 is 1.45 bits per heavy atom. The van der Waals surface area contributed by atoms with Gasteiger partial charge in [0.25, 0.3) is 0 Å². The van der Waals surface area contributed by atoms with E-state index in [0.29, 0.717) is 39.9 Å². The van der Waals surface area contributed by atoms with Gasteiger partial charge in [-0.25, -0.2) is 4.39 Å². The smallest absolute Gasteiger partial charge is 0.177 e. The van der Waals surface area contributed by atoms with Gasteiger partial charge in [-0.1, -0.05) is 41.4 Å². The number of nitrogens with zero attached hydrogens (tertiary/aromatic N) is 4. The third-order valence-electron chi connectivity index (χ3n) is 4.38.